The van der Waals surface area contributed by atoms with Crippen molar-refractivity contribution in [2.24, 2.45) is 0 Å². The van der Waals surface area contributed by atoms with E-state index in [0.29, 0.717) is 39.5 Å². The smallest absolute Gasteiger partial charge is 0.326 e. The Kier molecular flexibility index (Phi) is 10.7. The molecular formula is C15H31NO4. The van der Waals surface area contributed by atoms with Crippen molar-refractivity contribution >= 4 is 5.97 Å². The van der Waals surface area contributed by atoms with E-state index in [4.69, 9.17) is 14.2 Å². The molecule has 1 unspecified atom stereocenters. The molecule has 0 heterocycles. The summed E-state index contributed by atoms with van der Waals surface area (Å²) < 4.78 is 15.8. The van der Waals surface area contributed by atoms with Gasteiger partial charge in [0.15, 0.2) is 0 Å². The molecule has 0 aromatic carbocycles. The van der Waals surface area contributed by atoms with Gasteiger partial charge < -0.3 is 14.2 Å². The molecule has 0 saturated carbocycles. The maximum absolute atomic E-state index is 12.1. The summed E-state index contributed by atoms with van der Waals surface area (Å²) in [5, 5.41) is 3.30. The van der Waals surface area contributed by atoms with Gasteiger partial charge in [0.05, 0.1) is 19.8 Å². The first-order chi connectivity index (χ1) is 9.46. The third-order valence-corrected chi connectivity index (χ3v) is 2.87. The second-order valence-corrected chi connectivity index (χ2v) is 5.26. The molecule has 5 heteroatoms. The molecule has 20 heavy (non-hydrogen) atoms. The largest absolute Gasteiger partial charge is 0.465 e. The van der Waals surface area contributed by atoms with Crippen molar-refractivity contribution in [3.8, 4) is 0 Å². The highest BCUT2D eigenvalue weighted by Crippen LogP contribution is 2.16. The Balaban J connectivity index is 4.07. The molecular weight excluding hydrogens is 258 g/mol. The Bertz CT molecular complexity index is 258. The lowest BCUT2D eigenvalue weighted by Gasteiger charge is -2.30. The number of hydrogen-bond donors (Lipinski definition) is 1. The van der Waals surface area contributed by atoms with Gasteiger partial charge in [-0.25, -0.2) is 0 Å². The Labute approximate surface area is 123 Å². The lowest BCUT2D eigenvalue weighted by molar-refractivity contribution is -0.151. The lowest BCUT2D eigenvalue weighted by atomic mass is 9.95. The molecule has 0 saturated heterocycles. The first kappa shape index (κ1) is 19.4. The Morgan fingerprint density at radius 3 is 2.30 bits per heavy atom. The monoisotopic (exact) mass is 289 g/mol. The summed E-state index contributed by atoms with van der Waals surface area (Å²) in [5.41, 5.74) is -0.645. The van der Waals surface area contributed by atoms with E-state index in [0.717, 1.165) is 6.42 Å². The summed E-state index contributed by atoms with van der Waals surface area (Å²) in [5.74, 6) is -0.192. The maximum atomic E-state index is 12.1. The number of esters is 1. The molecule has 0 aromatic heterocycles. The van der Waals surface area contributed by atoms with E-state index < -0.39 is 5.54 Å². The van der Waals surface area contributed by atoms with E-state index in [9.17, 15) is 4.79 Å². The van der Waals surface area contributed by atoms with E-state index in [2.05, 4.69) is 5.32 Å². The van der Waals surface area contributed by atoms with E-state index in [-0.39, 0.29) is 12.0 Å². The summed E-state index contributed by atoms with van der Waals surface area (Å²) in [6.07, 6.45) is 1.50. The second kappa shape index (κ2) is 11.1. The number of carbonyl (C=O) groups excluding carboxylic acids is 1. The predicted molar refractivity (Wildman–Crippen MR) is 79.9 cm³/mol. The first-order valence-electron chi connectivity index (χ1n) is 7.56. The van der Waals surface area contributed by atoms with Crippen LogP contribution in [0.4, 0.5) is 0 Å². The molecule has 0 aliphatic heterocycles. The van der Waals surface area contributed by atoms with E-state index >= 15 is 0 Å². The van der Waals surface area contributed by atoms with Gasteiger partial charge in [-0.2, -0.15) is 0 Å². The number of ether oxygens (including phenoxy) is 3. The quantitative estimate of drug-likeness (QED) is 0.440. The topological polar surface area (TPSA) is 56.8 Å². The Hall–Kier alpha value is -0.650. The van der Waals surface area contributed by atoms with Crippen molar-refractivity contribution in [2.75, 3.05) is 33.0 Å². The van der Waals surface area contributed by atoms with Crippen LogP contribution in [0.2, 0.25) is 0 Å². The fourth-order valence-corrected chi connectivity index (χ4v) is 2.05. The van der Waals surface area contributed by atoms with E-state index in [1.807, 2.05) is 34.6 Å². The number of carbonyl (C=O) groups is 1. The molecule has 0 radical (unpaired) electrons. The van der Waals surface area contributed by atoms with Gasteiger partial charge in [-0.1, -0.05) is 0 Å². The SMILES string of the molecule is CCOCCOCCCC(C)(NC(C)C)C(=O)OCC. The van der Waals surface area contributed by atoms with Gasteiger partial charge in [0, 0.05) is 19.3 Å². The molecule has 1 atom stereocenters. The average Bonchev–Trinajstić information content (AvgIpc) is 2.37. The molecule has 0 spiro atoms. The number of rotatable bonds is 12. The van der Waals surface area contributed by atoms with Crippen LogP contribution in [-0.4, -0.2) is 50.6 Å². The molecule has 5 nitrogen and oxygen atoms in total. The van der Waals surface area contributed by atoms with Crippen molar-refractivity contribution < 1.29 is 19.0 Å². The van der Waals surface area contributed by atoms with Crippen molar-refractivity contribution in [1.82, 2.24) is 5.32 Å². The van der Waals surface area contributed by atoms with Crippen LogP contribution in [-0.2, 0) is 19.0 Å². The summed E-state index contributed by atoms with van der Waals surface area (Å²) >= 11 is 0. The molecule has 1 N–H and O–H groups in total. The van der Waals surface area contributed by atoms with Crippen LogP contribution in [0.3, 0.4) is 0 Å². The van der Waals surface area contributed by atoms with Crippen molar-refractivity contribution in [2.45, 2.75) is 59.0 Å². The molecule has 0 bridgehead atoms. The minimum atomic E-state index is -0.645. The number of hydrogen-bond acceptors (Lipinski definition) is 5. The molecule has 0 fully saturated rings. The minimum absolute atomic E-state index is 0.192. The summed E-state index contributed by atoms with van der Waals surface area (Å²) in [4.78, 5) is 12.1. The first-order valence-corrected chi connectivity index (χ1v) is 7.56. The average molecular weight is 289 g/mol. The standard InChI is InChI=1S/C15H31NO4/c1-6-18-11-12-19-10-8-9-15(5,16-13(3)4)14(17)20-7-2/h13,16H,6-12H2,1-5H3. The van der Waals surface area contributed by atoms with Gasteiger partial charge in [-0.05, 0) is 47.5 Å². The number of nitrogens with one attached hydrogen (secondary N) is 1. The van der Waals surface area contributed by atoms with Crippen LogP contribution in [0, 0.1) is 0 Å². The predicted octanol–water partition coefficient (Wildman–Crippen LogP) is 2.14. The van der Waals surface area contributed by atoms with E-state index in [1.165, 1.54) is 0 Å². The highest BCUT2D eigenvalue weighted by molar-refractivity contribution is 5.80. The second-order valence-electron chi connectivity index (χ2n) is 5.26. The van der Waals surface area contributed by atoms with Crippen LogP contribution in [0.5, 0.6) is 0 Å². The lowest BCUT2D eigenvalue weighted by Crippen LogP contribution is -2.53. The van der Waals surface area contributed by atoms with Gasteiger partial charge >= 0.3 is 5.97 Å². The zero-order chi connectivity index (χ0) is 15.4. The third kappa shape index (κ3) is 8.51. The van der Waals surface area contributed by atoms with Crippen molar-refractivity contribution in [3.05, 3.63) is 0 Å². The highest BCUT2D eigenvalue weighted by atomic mass is 16.5. The zero-order valence-corrected chi connectivity index (χ0v) is 13.7. The molecule has 0 amide bonds. The van der Waals surface area contributed by atoms with Crippen LogP contribution in [0.1, 0.15) is 47.5 Å². The summed E-state index contributed by atoms with van der Waals surface area (Å²) in [7, 11) is 0. The van der Waals surface area contributed by atoms with Crippen molar-refractivity contribution in [3.63, 3.8) is 0 Å². The molecule has 0 aliphatic rings. The van der Waals surface area contributed by atoms with Gasteiger partial charge in [-0.15, -0.1) is 0 Å². The van der Waals surface area contributed by atoms with Gasteiger partial charge in [0.1, 0.15) is 5.54 Å². The normalized spacial score (nSPS) is 14.3. The fourth-order valence-electron chi connectivity index (χ4n) is 2.05. The Morgan fingerprint density at radius 1 is 1.10 bits per heavy atom. The van der Waals surface area contributed by atoms with Crippen LogP contribution in [0.25, 0.3) is 0 Å². The minimum Gasteiger partial charge on any atom is -0.465 e. The molecule has 0 aliphatic carbocycles. The maximum Gasteiger partial charge on any atom is 0.326 e. The highest BCUT2D eigenvalue weighted by Gasteiger charge is 2.34. The fraction of sp³-hybridized carbons (Fsp3) is 0.933. The van der Waals surface area contributed by atoms with Crippen LogP contribution < -0.4 is 5.32 Å². The van der Waals surface area contributed by atoms with Gasteiger partial charge in [-0.3, -0.25) is 10.1 Å². The van der Waals surface area contributed by atoms with Gasteiger partial charge in [0.2, 0.25) is 0 Å². The van der Waals surface area contributed by atoms with E-state index in [1.54, 1.807) is 0 Å². The van der Waals surface area contributed by atoms with Crippen LogP contribution >= 0.6 is 0 Å². The Morgan fingerprint density at radius 2 is 1.75 bits per heavy atom. The summed E-state index contributed by atoms with van der Waals surface area (Å²) in [6.45, 7) is 12.7. The zero-order valence-electron chi connectivity index (χ0n) is 13.7. The third-order valence-electron chi connectivity index (χ3n) is 2.87. The van der Waals surface area contributed by atoms with Crippen LogP contribution in [0.15, 0.2) is 0 Å². The summed E-state index contributed by atoms with van der Waals surface area (Å²) in [6, 6.07) is 0.225. The molecule has 0 rings (SSSR count). The molecule has 120 valence electrons. The molecule has 0 aromatic rings. The van der Waals surface area contributed by atoms with Crippen molar-refractivity contribution in [1.29, 1.82) is 0 Å². The van der Waals surface area contributed by atoms with Gasteiger partial charge in [0.25, 0.3) is 0 Å².